The first-order chi connectivity index (χ1) is 20.1. The van der Waals surface area contributed by atoms with Gasteiger partial charge in [0.2, 0.25) is 0 Å². The van der Waals surface area contributed by atoms with Crippen molar-refractivity contribution in [2.45, 2.75) is 45.4 Å². The molecule has 0 saturated heterocycles. The zero-order valence-corrected chi connectivity index (χ0v) is 25.5. The van der Waals surface area contributed by atoms with Crippen molar-refractivity contribution in [1.29, 1.82) is 0 Å². The number of ether oxygens (including phenoxy) is 5. The lowest BCUT2D eigenvalue weighted by molar-refractivity contribution is -0.0515. The lowest BCUT2D eigenvalue weighted by Crippen LogP contribution is -2.28. The van der Waals surface area contributed by atoms with Crippen LogP contribution in [0.15, 0.2) is 70.8 Å². The Labute approximate surface area is 255 Å². The highest BCUT2D eigenvalue weighted by molar-refractivity contribution is 6.36. The van der Waals surface area contributed by atoms with Gasteiger partial charge in [-0.15, -0.1) is 0 Å². The lowest BCUT2D eigenvalue weighted by Gasteiger charge is -2.25. The molecule has 1 atom stereocenters. The van der Waals surface area contributed by atoms with Crippen molar-refractivity contribution >= 4 is 29.3 Å². The third-order valence-corrected chi connectivity index (χ3v) is 7.38. The second-order valence-electron chi connectivity index (χ2n) is 9.63. The van der Waals surface area contributed by atoms with Crippen LogP contribution < -0.4 is 18.9 Å². The van der Waals surface area contributed by atoms with Gasteiger partial charge in [0.05, 0.1) is 20.8 Å². The van der Waals surface area contributed by atoms with Crippen LogP contribution in [0.3, 0.4) is 0 Å². The molecule has 3 rings (SSSR count). The fourth-order valence-corrected chi connectivity index (χ4v) is 4.48. The van der Waals surface area contributed by atoms with Gasteiger partial charge in [-0.25, -0.2) is 4.79 Å². The van der Waals surface area contributed by atoms with Crippen LogP contribution in [-0.4, -0.2) is 45.5 Å². The van der Waals surface area contributed by atoms with Gasteiger partial charge in [-0.05, 0) is 66.6 Å². The van der Waals surface area contributed by atoms with E-state index in [0.717, 1.165) is 18.4 Å². The number of halogens is 4. The average Bonchev–Trinajstić information content (AvgIpc) is 3.82. The average molecular weight is 627 g/mol. The molecular weight excluding hydrogens is 591 g/mol. The summed E-state index contributed by atoms with van der Waals surface area (Å²) in [6.45, 7) is 2.99. The van der Waals surface area contributed by atoms with Crippen LogP contribution >= 0.6 is 23.2 Å². The zero-order chi connectivity index (χ0) is 30.8. The van der Waals surface area contributed by atoms with Crippen molar-refractivity contribution in [3.63, 3.8) is 0 Å². The Hall–Kier alpha value is -3.43. The Balaban J connectivity index is 1.93. The summed E-state index contributed by atoms with van der Waals surface area (Å²) in [6, 6.07) is 9.77. The van der Waals surface area contributed by atoms with Crippen molar-refractivity contribution in [3.05, 3.63) is 81.9 Å². The summed E-state index contributed by atoms with van der Waals surface area (Å²) in [4.78, 5) is 14.8. The van der Waals surface area contributed by atoms with E-state index in [1.54, 1.807) is 32.2 Å². The largest absolute Gasteiger partial charge is 0.493 e. The van der Waals surface area contributed by atoms with E-state index in [4.69, 9.17) is 42.1 Å². The van der Waals surface area contributed by atoms with Gasteiger partial charge in [-0.1, -0.05) is 54.1 Å². The first kappa shape index (κ1) is 33.1. The fourth-order valence-electron chi connectivity index (χ4n) is 4.07. The first-order valence-corrected chi connectivity index (χ1v) is 14.0. The molecule has 1 saturated carbocycles. The molecule has 0 radical (unpaired) electrons. The minimum atomic E-state index is -3.03. The number of nitrogens with zero attached hydrogens (tertiary/aromatic N) is 1. The quantitative estimate of drug-likeness (QED) is 0.185. The monoisotopic (exact) mass is 625 g/mol. The summed E-state index contributed by atoms with van der Waals surface area (Å²) in [5.74, 6) is 1.45. The Bertz CT molecular complexity index is 1310. The van der Waals surface area contributed by atoms with Crippen molar-refractivity contribution in [1.82, 2.24) is 4.90 Å². The molecule has 0 unspecified atom stereocenters. The van der Waals surface area contributed by atoms with Crippen LogP contribution in [0.5, 0.6) is 23.0 Å². The molecule has 0 heterocycles. The van der Waals surface area contributed by atoms with Crippen LogP contribution in [0, 0.1) is 5.92 Å². The lowest BCUT2D eigenvalue weighted by atomic mass is 9.99. The summed E-state index contributed by atoms with van der Waals surface area (Å²) in [6.07, 6.45) is 3.62. The maximum atomic E-state index is 13.4. The van der Waals surface area contributed by atoms with Crippen LogP contribution in [-0.2, 0) is 11.3 Å². The SMILES string of the molecule is C=C/C(Cl)=C(C[C@H](OC(=O)N(C)Cc1ccc(OC)c(OC)c1)c1ccc(OC(F)F)c(OCC2CC2)c1)\C(Cl)=C/C. The normalized spacial score (nSPS) is 14.5. The molecule has 1 aliphatic carbocycles. The third-order valence-electron chi connectivity index (χ3n) is 6.55. The maximum Gasteiger partial charge on any atom is 0.410 e. The number of methoxy groups -OCH3 is 2. The molecular formula is C31H35Cl2F2NO6. The van der Waals surface area contributed by atoms with E-state index >= 15 is 0 Å². The van der Waals surface area contributed by atoms with Gasteiger partial charge in [0.1, 0.15) is 6.10 Å². The maximum absolute atomic E-state index is 13.4. The van der Waals surface area contributed by atoms with E-state index in [1.165, 1.54) is 43.4 Å². The standard InChI is InChI=1S/C31H35Cl2F2NO6/c1-6-23(32)22(24(33)7-2)16-27(21-11-13-26(41-30(34)35)29(15-21)40-18-19-8-9-19)42-31(37)36(3)17-20-10-12-25(38-4)28(14-20)39-5/h6-7,10-15,19,27,30H,1,8-9,16-18H2,2-5H3/b23-22+,24-7+/t27-/m0/s1. The molecule has 228 valence electrons. The predicted molar refractivity (Wildman–Crippen MR) is 159 cm³/mol. The van der Waals surface area contributed by atoms with Crippen LogP contribution in [0.1, 0.15) is 43.4 Å². The summed E-state index contributed by atoms with van der Waals surface area (Å²) in [5, 5.41) is 0.628. The first-order valence-electron chi connectivity index (χ1n) is 13.3. The number of alkyl halides is 2. The van der Waals surface area contributed by atoms with Crippen molar-refractivity contribution in [2.24, 2.45) is 5.92 Å². The Kier molecular flexibility index (Phi) is 12.4. The molecule has 2 aromatic carbocycles. The zero-order valence-electron chi connectivity index (χ0n) is 24.0. The molecule has 0 N–H and O–H groups in total. The van der Waals surface area contributed by atoms with Gasteiger partial charge in [0.25, 0.3) is 0 Å². The minimum Gasteiger partial charge on any atom is -0.493 e. The smallest absolute Gasteiger partial charge is 0.410 e. The van der Waals surface area contributed by atoms with Gasteiger partial charge in [-0.3, -0.25) is 0 Å². The van der Waals surface area contributed by atoms with Crippen molar-refractivity contribution in [3.8, 4) is 23.0 Å². The third kappa shape index (κ3) is 9.29. The molecule has 0 aromatic heterocycles. The Morgan fingerprint density at radius 3 is 2.36 bits per heavy atom. The summed E-state index contributed by atoms with van der Waals surface area (Å²) < 4.78 is 53.4. The number of rotatable bonds is 15. The highest BCUT2D eigenvalue weighted by atomic mass is 35.5. The summed E-state index contributed by atoms with van der Waals surface area (Å²) >= 11 is 12.9. The molecule has 11 heteroatoms. The molecule has 1 amide bonds. The van der Waals surface area contributed by atoms with E-state index < -0.39 is 18.8 Å². The topological polar surface area (TPSA) is 66.5 Å². The highest BCUT2D eigenvalue weighted by Gasteiger charge is 2.27. The van der Waals surface area contributed by atoms with Gasteiger partial charge in [-0.2, -0.15) is 8.78 Å². The van der Waals surface area contributed by atoms with Crippen LogP contribution in [0.4, 0.5) is 13.6 Å². The molecule has 42 heavy (non-hydrogen) atoms. The molecule has 0 aliphatic heterocycles. The Morgan fingerprint density at radius 2 is 1.76 bits per heavy atom. The van der Waals surface area contributed by atoms with Crippen molar-refractivity contribution < 1.29 is 37.3 Å². The van der Waals surface area contributed by atoms with Gasteiger partial charge in [0.15, 0.2) is 23.0 Å². The molecule has 0 spiro atoms. The predicted octanol–water partition coefficient (Wildman–Crippen LogP) is 8.62. The second-order valence-corrected chi connectivity index (χ2v) is 10.4. The number of allylic oxidation sites excluding steroid dienone is 4. The number of amides is 1. The van der Waals surface area contributed by atoms with Gasteiger partial charge in [0, 0.05) is 30.1 Å². The number of carbonyl (C=O) groups excluding carboxylic acids is 1. The van der Waals surface area contributed by atoms with E-state index in [2.05, 4.69) is 11.3 Å². The minimum absolute atomic E-state index is 0.0705. The fraction of sp³-hybridized carbons (Fsp3) is 0.387. The molecule has 7 nitrogen and oxygen atoms in total. The van der Waals surface area contributed by atoms with E-state index in [0.29, 0.717) is 40.2 Å². The van der Waals surface area contributed by atoms with E-state index in [1.807, 2.05) is 6.07 Å². The molecule has 1 aliphatic rings. The van der Waals surface area contributed by atoms with Gasteiger partial charge >= 0.3 is 12.7 Å². The molecule has 1 fully saturated rings. The van der Waals surface area contributed by atoms with E-state index in [-0.39, 0.29) is 29.5 Å². The number of carbonyl (C=O) groups is 1. The summed E-state index contributed by atoms with van der Waals surface area (Å²) in [7, 11) is 4.66. The Morgan fingerprint density at radius 1 is 1.07 bits per heavy atom. The summed E-state index contributed by atoms with van der Waals surface area (Å²) in [5.41, 5.74) is 1.74. The van der Waals surface area contributed by atoms with Crippen LogP contribution in [0.25, 0.3) is 0 Å². The number of hydrogen-bond acceptors (Lipinski definition) is 6. The van der Waals surface area contributed by atoms with Crippen molar-refractivity contribution in [2.75, 3.05) is 27.9 Å². The highest BCUT2D eigenvalue weighted by Crippen LogP contribution is 2.39. The second kappa shape index (κ2) is 15.7. The van der Waals surface area contributed by atoms with E-state index in [9.17, 15) is 13.6 Å². The van der Waals surface area contributed by atoms with Crippen LogP contribution in [0.2, 0.25) is 0 Å². The van der Waals surface area contributed by atoms with Gasteiger partial charge < -0.3 is 28.6 Å². The number of hydrogen-bond donors (Lipinski definition) is 0. The molecule has 2 aromatic rings. The number of benzene rings is 2. The molecule has 0 bridgehead atoms.